The number of ether oxygens (including phenoxy) is 5. The quantitative estimate of drug-likeness (QED) is 0.0224. The number of aliphatic carboxylic acids is 1. The summed E-state index contributed by atoms with van der Waals surface area (Å²) in [6, 6.07) is -1.35. The zero-order valence-corrected chi connectivity index (χ0v) is 30.4. The van der Waals surface area contributed by atoms with Crippen molar-refractivity contribution < 1.29 is 82.8 Å². The molecule has 2 fully saturated rings. The van der Waals surface area contributed by atoms with Gasteiger partial charge < -0.3 is 70.5 Å². The number of carbonyl (C=O) groups excluding carboxylic acids is 6. The van der Waals surface area contributed by atoms with Crippen molar-refractivity contribution in [3.63, 3.8) is 0 Å². The van der Waals surface area contributed by atoms with Gasteiger partial charge in [0.05, 0.1) is 51.8 Å². The van der Waals surface area contributed by atoms with Crippen LogP contribution in [0.4, 0.5) is 0 Å². The molecule has 22 nitrogen and oxygen atoms in total. The lowest BCUT2D eigenvalue weighted by atomic mass is 9.86. The number of carbonyl (C=O) groups is 7. The topological polar surface area (TPSA) is 318 Å². The highest BCUT2D eigenvalue weighted by Gasteiger charge is 2.55. The first kappa shape index (κ1) is 46.3. The molecule has 0 radical (unpaired) electrons. The van der Waals surface area contributed by atoms with E-state index in [-0.39, 0.29) is 89.0 Å². The van der Waals surface area contributed by atoms with Gasteiger partial charge in [0.2, 0.25) is 35.4 Å². The van der Waals surface area contributed by atoms with Crippen LogP contribution in [0.2, 0.25) is 5.82 Å². The Kier molecular flexibility index (Phi) is 20.5. The van der Waals surface area contributed by atoms with Gasteiger partial charge in [-0.2, -0.15) is 0 Å². The molecule has 7 atom stereocenters. The predicted molar refractivity (Wildman–Crippen MR) is 183 cm³/mol. The van der Waals surface area contributed by atoms with E-state index in [0.29, 0.717) is 6.42 Å². The van der Waals surface area contributed by atoms with E-state index in [2.05, 4.69) is 21.3 Å². The summed E-state index contributed by atoms with van der Waals surface area (Å²) < 4.78 is 26.6. The minimum absolute atomic E-state index is 0.153. The molecule has 0 spiro atoms. The Morgan fingerprint density at radius 1 is 0.926 bits per heavy atom. The first-order valence-electron chi connectivity index (χ1n) is 17.5. The van der Waals surface area contributed by atoms with Crippen LogP contribution < -0.4 is 21.3 Å². The number of aliphatic hydroxyl groups excluding tert-OH is 4. The van der Waals surface area contributed by atoms with E-state index in [1.165, 1.54) is 4.90 Å². The molecule has 0 bridgehead atoms. The first-order valence-corrected chi connectivity index (χ1v) is 17.5. The number of aliphatic hydroxyl groups is 4. The van der Waals surface area contributed by atoms with Gasteiger partial charge in [-0.1, -0.05) is 0 Å². The Morgan fingerprint density at radius 2 is 1.50 bits per heavy atom. The maximum Gasteiger partial charge on any atom is 0.364 e. The molecule has 2 heterocycles. The second-order valence-corrected chi connectivity index (χ2v) is 12.6. The fraction of sp³-hybridized carbons (Fsp3) is 0.774. The number of likely N-dealkylation sites (tertiary alicyclic amines) is 1. The number of hydrogen-bond donors (Lipinski definition) is 9. The third-order valence-electron chi connectivity index (χ3n) is 8.18. The monoisotopic (exact) mass is 777 g/mol. The average Bonchev–Trinajstić information content (AvgIpc) is 3.36. The molecule has 23 heteroatoms. The maximum atomic E-state index is 12.1. The van der Waals surface area contributed by atoms with Crippen LogP contribution in [0.25, 0.3) is 0 Å². The summed E-state index contributed by atoms with van der Waals surface area (Å²) in [4.78, 5) is 84.6. The van der Waals surface area contributed by atoms with Crippen LogP contribution in [0.1, 0.15) is 32.6 Å². The molecule has 54 heavy (non-hydrogen) atoms. The lowest BCUT2D eigenvalue weighted by molar-refractivity contribution is -0.310. The largest absolute Gasteiger partial charge is 0.477 e. The number of imide groups is 1. The number of nitrogens with zero attached hydrogens (tertiary/aromatic N) is 1. The smallest absolute Gasteiger partial charge is 0.364 e. The highest BCUT2D eigenvalue weighted by molar-refractivity contribution is 6.29. The Hall–Kier alpha value is -3.81. The number of amides is 6. The molecular formula is C31H52BN5O17. The van der Waals surface area contributed by atoms with Crippen molar-refractivity contribution in [2.75, 3.05) is 79.0 Å². The third-order valence-corrected chi connectivity index (χ3v) is 8.18. The van der Waals surface area contributed by atoms with Crippen molar-refractivity contribution in [3.8, 4) is 0 Å². The number of carboxylic acids is 1. The molecule has 2 aliphatic rings. The van der Waals surface area contributed by atoms with E-state index in [9.17, 15) is 59.1 Å². The molecule has 2 saturated heterocycles. The molecule has 7 unspecified atom stereocenters. The van der Waals surface area contributed by atoms with Gasteiger partial charge in [0, 0.05) is 58.2 Å². The Balaban J connectivity index is 1.52. The van der Waals surface area contributed by atoms with Crippen molar-refractivity contribution in [3.05, 3.63) is 0 Å². The van der Waals surface area contributed by atoms with Gasteiger partial charge in [-0.3, -0.25) is 33.7 Å². The number of nitrogens with one attached hydrogen (secondary N) is 4. The van der Waals surface area contributed by atoms with E-state index in [1.54, 1.807) is 7.85 Å². The molecule has 0 saturated carbocycles. The summed E-state index contributed by atoms with van der Waals surface area (Å²) in [5.74, 6) is -7.03. The van der Waals surface area contributed by atoms with Crippen LogP contribution in [0.15, 0.2) is 0 Å². The average molecular weight is 778 g/mol. The van der Waals surface area contributed by atoms with Crippen LogP contribution in [0.5, 0.6) is 0 Å². The molecule has 9 N–H and O–H groups in total. The molecule has 2 rings (SSSR count). The molecule has 6 amide bonds. The summed E-state index contributed by atoms with van der Waals surface area (Å²) in [6.07, 6.45) is -7.00. The highest BCUT2D eigenvalue weighted by atomic mass is 16.7. The van der Waals surface area contributed by atoms with E-state index in [4.69, 9.17) is 23.7 Å². The van der Waals surface area contributed by atoms with Gasteiger partial charge in [0.1, 0.15) is 39.4 Å². The summed E-state index contributed by atoms with van der Waals surface area (Å²) in [5.41, 5.74) is 0. The lowest BCUT2D eigenvalue weighted by Gasteiger charge is -2.46. The first-order chi connectivity index (χ1) is 25.6. The molecule has 0 aromatic carbocycles. The highest BCUT2D eigenvalue weighted by Crippen LogP contribution is 2.33. The summed E-state index contributed by atoms with van der Waals surface area (Å²) in [7, 11) is 1.70. The van der Waals surface area contributed by atoms with Crippen molar-refractivity contribution >= 4 is 49.3 Å². The molecule has 0 aliphatic carbocycles. The summed E-state index contributed by atoms with van der Waals surface area (Å²) >= 11 is 0. The summed E-state index contributed by atoms with van der Waals surface area (Å²) in [6.45, 7) is 0.0291. The maximum absolute atomic E-state index is 12.1. The van der Waals surface area contributed by atoms with Crippen LogP contribution in [0, 0.1) is 0 Å². The van der Waals surface area contributed by atoms with Crippen molar-refractivity contribution in [1.82, 2.24) is 26.2 Å². The lowest BCUT2D eigenvalue weighted by Crippen LogP contribution is -2.68. The number of carboxylic acid groups (broad SMARTS) is 1. The normalized spacial score (nSPS) is 23.8. The number of rotatable bonds is 26. The van der Waals surface area contributed by atoms with Crippen LogP contribution in [0.3, 0.4) is 0 Å². The SMILES string of the molecule is BC1CC(=O)N(CCCC(=O)NCCOCCOCCNC(=O)COCC(=O)NCCOC2(C(=O)O)CC(O)C(NC(C)=O)C(C(O)C(O)CO)O2)C1=O. The number of hydrogen-bond acceptors (Lipinski definition) is 16. The Bertz CT molecular complexity index is 1280. The van der Waals surface area contributed by atoms with Crippen molar-refractivity contribution in [2.24, 2.45) is 0 Å². The predicted octanol–water partition coefficient (Wildman–Crippen LogP) is -6.49. The van der Waals surface area contributed by atoms with Crippen molar-refractivity contribution in [2.45, 2.75) is 74.7 Å². The molecule has 0 aromatic rings. The van der Waals surface area contributed by atoms with Crippen LogP contribution in [-0.4, -0.2) is 195 Å². The second-order valence-electron chi connectivity index (χ2n) is 12.6. The standard InChI is InChI=1S/C31H52BN5O17/c1-18(39)36-26-20(40)14-31(30(48)49,54-28(26)27(46)21(41)15-38)53-10-6-35-24(44)17-52-16-23(43)34-5-9-51-12-11-50-8-4-33-22(42)3-2-7-37-25(45)13-19(32)29(37)47/h19-21,26-28,38,40-41,46H,2-17,32H2,1H3,(H,33,42)(H,34,43)(H,35,44)(H,36,39)(H,48,49). The van der Waals surface area contributed by atoms with E-state index >= 15 is 0 Å². The fourth-order valence-electron chi connectivity index (χ4n) is 5.44. The van der Waals surface area contributed by atoms with E-state index in [0.717, 1.165) is 6.92 Å². The minimum Gasteiger partial charge on any atom is -0.477 e. The van der Waals surface area contributed by atoms with E-state index in [1.807, 2.05) is 0 Å². The van der Waals surface area contributed by atoms with E-state index < -0.39 is 92.8 Å². The zero-order chi connectivity index (χ0) is 40.3. The van der Waals surface area contributed by atoms with Gasteiger partial charge >= 0.3 is 5.97 Å². The van der Waals surface area contributed by atoms with Gasteiger partial charge in [0.15, 0.2) is 0 Å². The zero-order valence-electron chi connectivity index (χ0n) is 30.4. The van der Waals surface area contributed by atoms with Gasteiger partial charge in [0.25, 0.3) is 5.79 Å². The van der Waals surface area contributed by atoms with Gasteiger partial charge in [-0.05, 0) is 6.42 Å². The van der Waals surface area contributed by atoms with Crippen LogP contribution in [-0.2, 0) is 57.2 Å². The molecule has 0 aromatic heterocycles. The van der Waals surface area contributed by atoms with Crippen molar-refractivity contribution in [1.29, 1.82) is 0 Å². The third kappa shape index (κ3) is 15.5. The van der Waals surface area contributed by atoms with Crippen LogP contribution >= 0.6 is 0 Å². The Labute approximate surface area is 311 Å². The summed E-state index contributed by atoms with van der Waals surface area (Å²) in [5, 5.41) is 59.9. The fourth-order valence-corrected chi connectivity index (χ4v) is 5.44. The van der Waals surface area contributed by atoms with Gasteiger partial charge in [-0.15, -0.1) is 0 Å². The molecule has 306 valence electrons. The molecule has 2 aliphatic heterocycles. The minimum atomic E-state index is -2.55. The Morgan fingerprint density at radius 3 is 2.02 bits per heavy atom. The second kappa shape index (κ2) is 23.9. The molecular weight excluding hydrogens is 725 g/mol. The van der Waals surface area contributed by atoms with Gasteiger partial charge in [-0.25, -0.2) is 4.79 Å².